The van der Waals surface area contributed by atoms with Gasteiger partial charge in [0.25, 0.3) is 0 Å². The highest BCUT2D eigenvalue weighted by Gasteiger charge is 2.08. The number of aliphatic hydroxyl groups is 1. The van der Waals surface area contributed by atoms with E-state index in [4.69, 9.17) is 10.8 Å². The predicted molar refractivity (Wildman–Crippen MR) is 73.8 cm³/mol. The van der Waals surface area contributed by atoms with E-state index in [1.807, 2.05) is 6.92 Å². The fourth-order valence-electron chi connectivity index (χ4n) is 1.35. The van der Waals surface area contributed by atoms with Crippen molar-refractivity contribution in [2.45, 2.75) is 36.5 Å². The van der Waals surface area contributed by atoms with Gasteiger partial charge in [-0.1, -0.05) is 13.0 Å². The Hall–Kier alpha value is -0.0300. The molecule has 1 aromatic carbocycles. The molecule has 2 atom stereocenters. The second kappa shape index (κ2) is 6.64. The molecule has 0 heterocycles. The van der Waals surface area contributed by atoms with Crippen LogP contribution in [0.2, 0.25) is 0 Å². The van der Waals surface area contributed by atoms with E-state index in [1.54, 1.807) is 11.8 Å². The molecule has 0 fully saturated rings. The lowest BCUT2D eigenvalue weighted by atomic mass is 10.1. The molecule has 0 saturated carbocycles. The van der Waals surface area contributed by atoms with Crippen molar-refractivity contribution in [1.29, 1.82) is 0 Å². The molecule has 0 amide bonds. The summed E-state index contributed by atoms with van der Waals surface area (Å²) in [6, 6.07) is 6.27. The molecule has 0 aliphatic carbocycles. The first-order valence-corrected chi connectivity index (χ1v) is 7.04. The van der Waals surface area contributed by atoms with Crippen LogP contribution < -0.4 is 5.73 Å². The van der Waals surface area contributed by atoms with Crippen LogP contribution in [0, 0.1) is 0 Å². The van der Waals surface area contributed by atoms with Gasteiger partial charge in [-0.3, -0.25) is 0 Å². The Morgan fingerprint density at radius 3 is 2.62 bits per heavy atom. The van der Waals surface area contributed by atoms with Gasteiger partial charge in [-0.25, -0.2) is 0 Å². The van der Waals surface area contributed by atoms with Gasteiger partial charge in [0, 0.05) is 27.3 Å². The van der Waals surface area contributed by atoms with E-state index in [0.29, 0.717) is 5.25 Å². The first kappa shape index (κ1) is 14.0. The van der Waals surface area contributed by atoms with E-state index in [0.717, 1.165) is 16.5 Å². The highest BCUT2D eigenvalue weighted by Crippen LogP contribution is 2.33. The van der Waals surface area contributed by atoms with Gasteiger partial charge < -0.3 is 10.8 Å². The minimum absolute atomic E-state index is 0.0604. The number of thioether (sulfide) groups is 1. The lowest BCUT2D eigenvalue weighted by Crippen LogP contribution is -2.05. The molecule has 0 aliphatic rings. The van der Waals surface area contributed by atoms with Crippen molar-refractivity contribution in [2.24, 2.45) is 5.73 Å². The summed E-state index contributed by atoms with van der Waals surface area (Å²) in [6.45, 7) is 4.33. The third kappa shape index (κ3) is 4.09. The van der Waals surface area contributed by atoms with Crippen molar-refractivity contribution in [3.8, 4) is 0 Å². The maximum atomic E-state index is 8.86. The molecular weight excluding hydrogens is 286 g/mol. The largest absolute Gasteiger partial charge is 0.396 e. The summed E-state index contributed by atoms with van der Waals surface area (Å²) in [5, 5.41) is 9.28. The summed E-state index contributed by atoms with van der Waals surface area (Å²) in [7, 11) is 0. The van der Waals surface area contributed by atoms with Crippen LogP contribution in [-0.2, 0) is 0 Å². The molecule has 0 aliphatic heterocycles. The summed E-state index contributed by atoms with van der Waals surface area (Å²) >= 11 is 5.32. The molecular formula is C12H18BrNOS. The van der Waals surface area contributed by atoms with Crippen LogP contribution in [0.3, 0.4) is 0 Å². The zero-order valence-corrected chi connectivity index (χ0v) is 12.0. The number of aliphatic hydroxyl groups excluding tert-OH is 1. The quantitative estimate of drug-likeness (QED) is 0.820. The zero-order chi connectivity index (χ0) is 12.1. The molecule has 1 aromatic rings. The lowest BCUT2D eigenvalue weighted by Gasteiger charge is -2.13. The Balaban J connectivity index is 2.75. The molecule has 1 rings (SSSR count). The Labute approximate surface area is 110 Å². The molecule has 4 heteroatoms. The van der Waals surface area contributed by atoms with E-state index in [2.05, 4.69) is 41.1 Å². The van der Waals surface area contributed by atoms with Crippen LogP contribution in [0.1, 0.15) is 31.9 Å². The number of hydrogen-bond acceptors (Lipinski definition) is 3. The molecule has 0 spiro atoms. The first-order valence-electron chi connectivity index (χ1n) is 5.37. The monoisotopic (exact) mass is 303 g/mol. The van der Waals surface area contributed by atoms with E-state index < -0.39 is 0 Å². The van der Waals surface area contributed by atoms with Crippen molar-refractivity contribution >= 4 is 27.7 Å². The Morgan fingerprint density at radius 2 is 2.12 bits per heavy atom. The third-order valence-corrected chi connectivity index (χ3v) is 4.51. The fraction of sp³-hybridized carbons (Fsp3) is 0.500. The molecule has 2 nitrogen and oxygen atoms in total. The van der Waals surface area contributed by atoms with Crippen LogP contribution in [-0.4, -0.2) is 17.0 Å². The third-order valence-electron chi connectivity index (χ3n) is 2.35. The second-order valence-electron chi connectivity index (χ2n) is 3.92. The van der Waals surface area contributed by atoms with Crippen LogP contribution in [0.15, 0.2) is 27.6 Å². The smallest absolute Gasteiger partial charge is 0.0441 e. The number of hydrogen-bond donors (Lipinski definition) is 2. The van der Waals surface area contributed by atoms with Gasteiger partial charge in [0.1, 0.15) is 0 Å². The normalized spacial score (nSPS) is 14.8. The van der Waals surface area contributed by atoms with Gasteiger partial charge in [0.15, 0.2) is 0 Å². The summed E-state index contributed by atoms with van der Waals surface area (Å²) < 4.78 is 1.08. The van der Waals surface area contributed by atoms with E-state index in [-0.39, 0.29) is 12.6 Å². The number of benzene rings is 1. The molecule has 0 aromatic heterocycles. The molecule has 3 N–H and O–H groups in total. The summed E-state index contributed by atoms with van der Waals surface area (Å²) in [5.41, 5.74) is 6.95. The fourth-order valence-corrected chi connectivity index (χ4v) is 3.01. The predicted octanol–water partition coefficient (Wildman–Crippen LogP) is 3.33. The molecule has 16 heavy (non-hydrogen) atoms. The average Bonchev–Trinajstić information content (AvgIpc) is 2.21. The molecule has 2 unspecified atom stereocenters. The topological polar surface area (TPSA) is 46.2 Å². The molecule has 0 saturated heterocycles. The lowest BCUT2D eigenvalue weighted by molar-refractivity contribution is 0.289. The summed E-state index contributed by atoms with van der Waals surface area (Å²) in [6.07, 6.45) is 0.812. The molecule has 0 radical (unpaired) electrons. The maximum Gasteiger partial charge on any atom is 0.0441 e. The van der Waals surface area contributed by atoms with Gasteiger partial charge in [0.05, 0.1) is 0 Å². The average molecular weight is 304 g/mol. The van der Waals surface area contributed by atoms with Gasteiger partial charge in [-0.2, -0.15) is 0 Å². The van der Waals surface area contributed by atoms with Crippen molar-refractivity contribution in [2.75, 3.05) is 6.61 Å². The number of rotatable bonds is 5. The molecule has 0 bridgehead atoms. The second-order valence-corrected chi connectivity index (χ2v) is 6.25. The standard InChI is InChI=1S/C12H18BrNOS/c1-8(5-6-15)16-12-4-3-10(9(2)14)7-11(12)13/h3-4,7-9,15H,5-6,14H2,1-2H3. The summed E-state index contributed by atoms with van der Waals surface area (Å²) in [4.78, 5) is 1.20. The number of halogens is 1. The van der Waals surface area contributed by atoms with Crippen LogP contribution in [0.5, 0.6) is 0 Å². The van der Waals surface area contributed by atoms with Crippen LogP contribution >= 0.6 is 27.7 Å². The highest BCUT2D eigenvalue weighted by atomic mass is 79.9. The van der Waals surface area contributed by atoms with Crippen molar-refractivity contribution in [1.82, 2.24) is 0 Å². The Bertz CT molecular complexity index is 344. The van der Waals surface area contributed by atoms with Crippen molar-refractivity contribution in [3.05, 3.63) is 28.2 Å². The highest BCUT2D eigenvalue weighted by molar-refractivity contribution is 9.10. The van der Waals surface area contributed by atoms with Crippen LogP contribution in [0.25, 0.3) is 0 Å². The SMILES string of the molecule is CC(CCO)Sc1ccc(C(C)N)cc1Br. The Morgan fingerprint density at radius 1 is 1.44 bits per heavy atom. The molecule has 90 valence electrons. The van der Waals surface area contributed by atoms with E-state index in [9.17, 15) is 0 Å². The van der Waals surface area contributed by atoms with E-state index >= 15 is 0 Å². The minimum Gasteiger partial charge on any atom is -0.396 e. The van der Waals surface area contributed by atoms with Crippen molar-refractivity contribution < 1.29 is 5.11 Å². The van der Waals surface area contributed by atoms with Crippen LogP contribution in [0.4, 0.5) is 0 Å². The summed E-state index contributed by atoms with van der Waals surface area (Å²) in [5.74, 6) is 0. The maximum absolute atomic E-state index is 8.86. The first-order chi connectivity index (χ1) is 7.54. The van der Waals surface area contributed by atoms with E-state index in [1.165, 1.54) is 4.90 Å². The Kier molecular flexibility index (Phi) is 5.83. The van der Waals surface area contributed by atoms with Crippen molar-refractivity contribution in [3.63, 3.8) is 0 Å². The van der Waals surface area contributed by atoms with Gasteiger partial charge >= 0.3 is 0 Å². The van der Waals surface area contributed by atoms with Gasteiger partial charge in [-0.05, 0) is 47.0 Å². The zero-order valence-electron chi connectivity index (χ0n) is 9.61. The van der Waals surface area contributed by atoms with Gasteiger partial charge in [0.2, 0.25) is 0 Å². The minimum atomic E-state index is 0.0604. The number of nitrogens with two attached hydrogens (primary N) is 1. The van der Waals surface area contributed by atoms with Gasteiger partial charge in [-0.15, -0.1) is 11.8 Å².